The first-order valence-corrected chi connectivity index (χ1v) is 9.44. The van der Waals surface area contributed by atoms with Crippen LogP contribution in [0.1, 0.15) is 18.4 Å². The molecular formula is C18H22ClN3O3S. The number of benzene rings is 1. The summed E-state index contributed by atoms with van der Waals surface area (Å²) in [6, 6.07) is 5.57. The van der Waals surface area contributed by atoms with E-state index in [1.807, 2.05) is 17.5 Å². The minimum Gasteiger partial charge on any atom is -0.493 e. The summed E-state index contributed by atoms with van der Waals surface area (Å²) < 4.78 is 10.9. The van der Waals surface area contributed by atoms with Crippen molar-refractivity contribution < 1.29 is 14.3 Å². The number of nitrogens with two attached hydrogens (primary N) is 1. The second-order valence-corrected chi connectivity index (χ2v) is 7.28. The van der Waals surface area contributed by atoms with Crippen molar-refractivity contribution in [2.75, 3.05) is 25.1 Å². The van der Waals surface area contributed by atoms with E-state index in [-0.39, 0.29) is 24.2 Å². The summed E-state index contributed by atoms with van der Waals surface area (Å²) in [6.07, 6.45) is 2.58. The van der Waals surface area contributed by atoms with E-state index in [9.17, 15) is 4.79 Å². The molecule has 3 N–H and O–H groups in total. The smallest absolute Gasteiger partial charge is 0.243 e. The van der Waals surface area contributed by atoms with Gasteiger partial charge in [0.2, 0.25) is 5.91 Å². The van der Waals surface area contributed by atoms with Crippen LogP contribution in [0.4, 0.5) is 5.13 Å². The van der Waals surface area contributed by atoms with Gasteiger partial charge in [0.25, 0.3) is 0 Å². The molecular weight excluding hydrogens is 374 g/mol. The van der Waals surface area contributed by atoms with Gasteiger partial charge in [-0.1, -0.05) is 0 Å². The molecule has 2 aliphatic heterocycles. The fraction of sp³-hybridized carbons (Fsp3) is 0.444. The summed E-state index contributed by atoms with van der Waals surface area (Å²) in [7, 11) is 0. The maximum absolute atomic E-state index is 12.4. The molecule has 2 aliphatic rings. The van der Waals surface area contributed by atoms with Crippen molar-refractivity contribution >= 4 is 34.8 Å². The highest BCUT2D eigenvalue weighted by atomic mass is 35.5. The SMILES string of the molecule is Cl.NC(C(=O)Nc1nc(-c2ccc3c(c2)CCO3)cs1)C1CCOCC1. The minimum atomic E-state index is -0.520. The van der Waals surface area contributed by atoms with Crippen molar-refractivity contribution in [3.63, 3.8) is 0 Å². The number of hydrogen-bond acceptors (Lipinski definition) is 6. The number of carbonyl (C=O) groups excluding carboxylic acids is 1. The molecule has 2 aromatic rings. The third kappa shape index (κ3) is 4.01. The molecule has 0 bridgehead atoms. The molecule has 1 aromatic carbocycles. The lowest BCUT2D eigenvalue weighted by Crippen LogP contribution is -2.43. The third-order valence-electron chi connectivity index (χ3n) is 4.80. The fourth-order valence-corrected chi connectivity index (χ4v) is 4.01. The van der Waals surface area contributed by atoms with Crippen LogP contribution in [0, 0.1) is 5.92 Å². The van der Waals surface area contributed by atoms with Gasteiger partial charge in [-0.05, 0) is 42.5 Å². The van der Waals surface area contributed by atoms with E-state index >= 15 is 0 Å². The van der Waals surface area contributed by atoms with Crippen LogP contribution in [0.5, 0.6) is 5.75 Å². The highest BCUT2D eigenvalue weighted by molar-refractivity contribution is 7.14. The highest BCUT2D eigenvalue weighted by Crippen LogP contribution is 2.32. The summed E-state index contributed by atoms with van der Waals surface area (Å²) >= 11 is 1.42. The number of ether oxygens (including phenoxy) is 2. The first-order chi connectivity index (χ1) is 12.2. The molecule has 8 heteroatoms. The van der Waals surface area contributed by atoms with Crippen LogP contribution in [0.25, 0.3) is 11.3 Å². The van der Waals surface area contributed by atoms with Gasteiger partial charge in [-0.25, -0.2) is 4.98 Å². The van der Waals surface area contributed by atoms with Crippen LogP contribution in [0.3, 0.4) is 0 Å². The Hall–Kier alpha value is -1.67. The van der Waals surface area contributed by atoms with Gasteiger partial charge in [0.15, 0.2) is 5.13 Å². The lowest BCUT2D eigenvalue weighted by Gasteiger charge is -2.26. The monoisotopic (exact) mass is 395 g/mol. The van der Waals surface area contributed by atoms with Crippen molar-refractivity contribution in [2.24, 2.45) is 11.7 Å². The van der Waals surface area contributed by atoms with Crippen molar-refractivity contribution in [1.29, 1.82) is 0 Å². The third-order valence-corrected chi connectivity index (χ3v) is 5.55. The Morgan fingerprint density at radius 2 is 2.12 bits per heavy atom. The molecule has 0 aliphatic carbocycles. The Morgan fingerprint density at radius 3 is 2.92 bits per heavy atom. The lowest BCUT2D eigenvalue weighted by atomic mass is 9.92. The van der Waals surface area contributed by atoms with Gasteiger partial charge in [0.05, 0.1) is 18.3 Å². The zero-order chi connectivity index (χ0) is 17.2. The van der Waals surface area contributed by atoms with E-state index in [2.05, 4.69) is 16.4 Å². The number of halogens is 1. The van der Waals surface area contributed by atoms with Crippen LogP contribution in [0.15, 0.2) is 23.6 Å². The molecule has 26 heavy (non-hydrogen) atoms. The molecule has 0 spiro atoms. The first-order valence-electron chi connectivity index (χ1n) is 8.56. The van der Waals surface area contributed by atoms with Crippen LogP contribution >= 0.6 is 23.7 Å². The second-order valence-electron chi connectivity index (χ2n) is 6.42. The molecule has 0 saturated carbocycles. The first kappa shape index (κ1) is 19.1. The van der Waals surface area contributed by atoms with Gasteiger partial charge < -0.3 is 20.5 Å². The standard InChI is InChI=1S/C18H21N3O3S.ClH/c19-16(11-3-6-23-7-4-11)17(22)21-18-20-14(10-25-18)12-1-2-15-13(9-12)5-8-24-15;/h1-2,9-11,16H,3-8,19H2,(H,20,21,22);1H. The van der Waals surface area contributed by atoms with E-state index in [0.29, 0.717) is 18.3 Å². The number of carbonyl (C=O) groups is 1. The van der Waals surface area contributed by atoms with Crippen molar-refractivity contribution in [2.45, 2.75) is 25.3 Å². The highest BCUT2D eigenvalue weighted by Gasteiger charge is 2.27. The number of anilines is 1. The predicted molar refractivity (Wildman–Crippen MR) is 104 cm³/mol. The van der Waals surface area contributed by atoms with Gasteiger partial charge in [0, 0.05) is 30.6 Å². The van der Waals surface area contributed by atoms with E-state index in [1.165, 1.54) is 16.9 Å². The molecule has 0 radical (unpaired) electrons. The van der Waals surface area contributed by atoms with Crippen molar-refractivity contribution in [1.82, 2.24) is 4.98 Å². The van der Waals surface area contributed by atoms with Crippen LogP contribution < -0.4 is 15.8 Å². The Kier molecular flexibility index (Phi) is 6.13. The zero-order valence-corrected chi connectivity index (χ0v) is 15.9. The van der Waals surface area contributed by atoms with Crippen molar-refractivity contribution in [3.05, 3.63) is 29.1 Å². The Labute approximate surface area is 162 Å². The molecule has 4 rings (SSSR count). The second kappa shape index (κ2) is 8.35. The number of rotatable bonds is 4. The van der Waals surface area contributed by atoms with E-state index in [4.69, 9.17) is 15.2 Å². The molecule has 140 valence electrons. The van der Waals surface area contributed by atoms with Gasteiger partial charge in [0.1, 0.15) is 5.75 Å². The zero-order valence-electron chi connectivity index (χ0n) is 14.3. The summed E-state index contributed by atoms with van der Waals surface area (Å²) in [5.41, 5.74) is 9.21. The Bertz CT molecular complexity index is 777. The summed E-state index contributed by atoms with van der Waals surface area (Å²) in [4.78, 5) is 16.9. The summed E-state index contributed by atoms with van der Waals surface area (Å²) in [6.45, 7) is 2.09. The average molecular weight is 396 g/mol. The fourth-order valence-electron chi connectivity index (χ4n) is 3.29. The molecule has 1 unspecified atom stereocenters. The predicted octanol–water partition coefficient (Wildman–Crippen LogP) is 2.86. The number of hydrogen-bond donors (Lipinski definition) is 2. The molecule has 1 fully saturated rings. The number of aromatic nitrogens is 1. The van der Waals surface area contributed by atoms with Crippen LogP contribution in [-0.4, -0.2) is 36.8 Å². The average Bonchev–Trinajstić information content (AvgIpc) is 3.30. The number of nitrogens with zero attached hydrogens (tertiary/aromatic N) is 1. The van der Waals surface area contributed by atoms with E-state index in [0.717, 1.165) is 42.9 Å². The van der Waals surface area contributed by atoms with Gasteiger partial charge in [-0.15, -0.1) is 23.7 Å². The largest absolute Gasteiger partial charge is 0.493 e. The minimum absolute atomic E-state index is 0. The maximum atomic E-state index is 12.4. The number of fused-ring (bicyclic) bond motifs is 1. The van der Waals surface area contributed by atoms with Crippen LogP contribution in [-0.2, 0) is 16.0 Å². The van der Waals surface area contributed by atoms with Gasteiger partial charge in [-0.3, -0.25) is 4.79 Å². The Balaban J connectivity index is 0.00000196. The van der Waals surface area contributed by atoms with Crippen LogP contribution in [0.2, 0.25) is 0 Å². The maximum Gasteiger partial charge on any atom is 0.243 e. The molecule has 3 heterocycles. The Morgan fingerprint density at radius 1 is 1.31 bits per heavy atom. The lowest BCUT2D eigenvalue weighted by molar-refractivity contribution is -0.119. The summed E-state index contributed by atoms with van der Waals surface area (Å²) in [5.74, 6) is 0.954. The number of amides is 1. The normalized spacial score (nSPS) is 17.7. The number of thiazole rings is 1. The molecule has 6 nitrogen and oxygen atoms in total. The van der Waals surface area contributed by atoms with E-state index in [1.54, 1.807) is 0 Å². The van der Waals surface area contributed by atoms with E-state index < -0.39 is 6.04 Å². The van der Waals surface area contributed by atoms with Gasteiger partial charge >= 0.3 is 0 Å². The number of nitrogens with one attached hydrogen (secondary N) is 1. The van der Waals surface area contributed by atoms with Crippen molar-refractivity contribution in [3.8, 4) is 17.0 Å². The topological polar surface area (TPSA) is 86.5 Å². The van der Waals surface area contributed by atoms with Gasteiger partial charge in [-0.2, -0.15) is 0 Å². The molecule has 1 saturated heterocycles. The quantitative estimate of drug-likeness (QED) is 0.831. The summed E-state index contributed by atoms with van der Waals surface area (Å²) in [5, 5.41) is 5.39. The molecule has 1 aromatic heterocycles. The molecule has 1 atom stereocenters. The molecule has 1 amide bonds.